The molecule has 4 heterocycles. The second-order valence-electron chi connectivity index (χ2n) is 12.7. The Morgan fingerprint density at radius 1 is 1.04 bits per heavy atom. The van der Waals surface area contributed by atoms with Gasteiger partial charge in [-0.1, -0.05) is 78.9 Å². The molecule has 2 fully saturated rings. The van der Waals surface area contributed by atoms with Crippen LogP contribution in [0.4, 0.5) is 15.2 Å². The van der Waals surface area contributed by atoms with Gasteiger partial charge in [-0.05, 0) is 77.0 Å². The number of nitrogens with two attached hydrogens (primary N) is 1. The smallest absolute Gasteiger partial charge is 0.188 e. The average molecular weight is 762 g/mol. The summed E-state index contributed by atoms with van der Waals surface area (Å²) < 4.78 is 16.3. The molecule has 2 saturated carbocycles. The fourth-order valence-electron chi connectivity index (χ4n) is 5.87. The summed E-state index contributed by atoms with van der Waals surface area (Å²) in [5, 5.41) is 21.5. The van der Waals surface area contributed by atoms with E-state index < -0.39 is 5.79 Å². The number of halogens is 1. The van der Waals surface area contributed by atoms with Crippen LogP contribution in [0.15, 0.2) is 134 Å². The van der Waals surface area contributed by atoms with Crippen molar-refractivity contribution >= 4 is 82.8 Å². The van der Waals surface area contributed by atoms with E-state index in [2.05, 4.69) is 95.8 Å². The molecule has 5 N–H and O–H groups in total. The molecule has 11 heteroatoms. The Balaban J connectivity index is 0.000000177. The molecule has 2 aliphatic rings. The number of pyridine rings is 3. The number of allylic oxidation sites excluding steroid dienone is 4. The summed E-state index contributed by atoms with van der Waals surface area (Å²) in [6.45, 7) is 5.68. The molecule has 2 aromatic carbocycles. The van der Waals surface area contributed by atoms with Gasteiger partial charge in [-0.3, -0.25) is 15.1 Å². The van der Waals surface area contributed by atoms with Crippen LogP contribution < -0.4 is 21.1 Å². The number of fused-ring (bicyclic) bond motifs is 2. The van der Waals surface area contributed by atoms with Crippen molar-refractivity contribution < 1.29 is 4.39 Å². The molecular formula is C42H45FN7PS2. The van der Waals surface area contributed by atoms with E-state index in [0.717, 1.165) is 65.6 Å². The van der Waals surface area contributed by atoms with Crippen LogP contribution in [0.25, 0.3) is 27.1 Å². The van der Waals surface area contributed by atoms with Gasteiger partial charge in [0.2, 0.25) is 0 Å². The molecule has 272 valence electrons. The lowest BCUT2D eigenvalue weighted by Crippen LogP contribution is -2.16. The van der Waals surface area contributed by atoms with Gasteiger partial charge in [0, 0.05) is 61.2 Å². The van der Waals surface area contributed by atoms with Crippen LogP contribution in [0.3, 0.4) is 0 Å². The average Bonchev–Trinajstić information content (AvgIpc) is 4.09. The number of rotatable bonds is 9. The van der Waals surface area contributed by atoms with Gasteiger partial charge in [-0.15, -0.1) is 40.0 Å². The summed E-state index contributed by atoms with van der Waals surface area (Å²) in [6.07, 6.45) is 18.1. The molecule has 53 heavy (non-hydrogen) atoms. The molecule has 0 bridgehead atoms. The number of thiophene rings is 1. The Labute approximate surface area is 323 Å². The van der Waals surface area contributed by atoms with Crippen molar-refractivity contribution in [2.75, 3.05) is 17.7 Å². The van der Waals surface area contributed by atoms with E-state index in [-0.39, 0.29) is 5.92 Å². The fraction of sp³-hybridized carbons (Fsp3) is 0.190. The molecule has 0 radical (unpaired) electrons. The molecule has 0 aliphatic heterocycles. The number of nitrogens with zero attached hydrogens (tertiary/aromatic N) is 3. The highest BCUT2D eigenvalue weighted by atomic mass is 32.1. The second-order valence-corrected chi connectivity index (χ2v) is 14.4. The number of anilines is 2. The first-order valence-corrected chi connectivity index (χ1v) is 19.1. The summed E-state index contributed by atoms with van der Waals surface area (Å²) in [4.78, 5) is 12.5. The first-order chi connectivity index (χ1) is 25.8. The molecule has 4 aromatic heterocycles. The number of aromatic nitrogens is 3. The van der Waals surface area contributed by atoms with E-state index in [1.807, 2.05) is 93.1 Å². The maximum Gasteiger partial charge on any atom is 0.188 e. The van der Waals surface area contributed by atoms with Gasteiger partial charge < -0.3 is 16.0 Å². The molecular weight excluding hydrogens is 717 g/mol. The first kappa shape index (κ1) is 39.5. The van der Waals surface area contributed by atoms with Crippen molar-refractivity contribution in [3.63, 3.8) is 0 Å². The van der Waals surface area contributed by atoms with Crippen LogP contribution in [0.2, 0.25) is 0 Å². The molecule has 0 saturated heterocycles. The Morgan fingerprint density at radius 3 is 2.49 bits per heavy atom. The highest BCUT2D eigenvalue weighted by Crippen LogP contribution is 2.55. The van der Waals surface area contributed by atoms with E-state index in [0.29, 0.717) is 6.42 Å². The Bertz CT molecular complexity index is 2190. The minimum Gasteiger partial charge on any atom is -0.373 e. The largest absolute Gasteiger partial charge is 0.373 e. The van der Waals surface area contributed by atoms with Crippen LogP contribution in [0.1, 0.15) is 48.3 Å². The Kier molecular flexibility index (Phi) is 14.0. The van der Waals surface area contributed by atoms with E-state index in [1.54, 1.807) is 12.4 Å². The summed E-state index contributed by atoms with van der Waals surface area (Å²) >= 11 is 4.56. The lowest BCUT2D eigenvalue weighted by molar-refractivity contribution is 0.340. The van der Waals surface area contributed by atoms with Gasteiger partial charge in [-0.2, -0.15) is 0 Å². The van der Waals surface area contributed by atoms with E-state index >= 15 is 4.39 Å². The van der Waals surface area contributed by atoms with Crippen LogP contribution in [-0.2, 0) is 0 Å². The maximum atomic E-state index is 15.2. The summed E-state index contributed by atoms with van der Waals surface area (Å²) in [7, 11) is 4.53. The van der Waals surface area contributed by atoms with Crippen molar-refractivity contribution in [2.24, 2.45) is 11.1 Å². The minimum atomic E-state index is -1.39. The van der Waals surface area contributed by atoms with Gasteiger partial charge in [0.05, 0.1) is 15.2 Å². The van der Waals surface area contributed by atoms with Crippen molar-refractivity contribution in [1.29, 1.82) is 5.41 Å². The molecule has 6 aromatic rings. The molecule has 5 atom stereocenters. The number of alkyl halides is 1. The number of thiol groups is 1. The van der Waals surface area contributed by atoms with Crippen LogP contribution in [0, 0.1) is 11.3 Å². The van der Waals surface area contributed by atoms with Gasteiger partial charge in [-0.25, -0.2) is 9.37 Å². The van der Waals surface area contributed by atoms with Gasteiger partial charge in [0.15, 0.2) is 5.79 Å². The van der Waals surface area contributed by atoms with Crippen LogP contribution >= 0.6 is 33.4 Å². The fourth-order valence-corrected chi connectivity index (χ4v) is 7.33. The predicted molar refractivity (Wildman–Crippen MR) is 232 cm³/mol. The zero-order chi connectivity index (χ0) is 37.8. The monoisotopic (exact) mass is 761 g/mol. The molecule has 5 unspecified atom stereocenters. The van der Waals surface area contributed by atoms with Crippen molar-refractivity contribution in [1.82, 2.24) is 15.0 Å². The quantitative estimate of drug-likeness (QED) is 0.0251. The zero-order valence-corrected chi connectivity index (χ0v) is 32.7. The normalized spacial score (nSPS) is 19.8. The highest BCUT2D eigenvalue weighted by Gasteiger charge is 2.56. The van der Waals surface area contributed by atoms with Crippen molar-refractivity contribution in [3.8, 4) is 0 Å². The molecule has 0 amide bonds. The van der Waals surface area contributed by atoms with Gasteiger partial charge in [0.25, 0.3) is 0 Å². The lowest BCUT2D eigenvalue weighted by Gasteiger charge is -2.10. The third-order valence-electron chi connectivity index (χ3n) is 9.03. The third-order valence-corrected chi connectivity index (χ3v) is 10.5. The maximum absolute atomic E-state index is 15.2. The Morgan fingerprint density at radius 2 is 1.81 bits per heavy atom. The van der Waals surface area contributed by atoms with Crippen molar-refractivity contribution in [3.05, 3.63) is 151 Å². The topological polar surface area (TPSA) is 113 Å². The third kappa shape index (κ3) is 10.7. The molecule has 8 rings (SSSR count). The number of hydrogen-bond acceptors (Lipinski definition) is 9. The van der Waals surface area contributed by atoms with Crippen LogP contribution in [-0.4, -0.2) is 34.0 Å². The highest BCUT2D eigenvalue weighted by molar-refractivity contribution is 7.77. The number of nitrogens with one attached hydrogen (secondary N) is 3. The van der Waals surface area contributed by atoms with Crippen LogP contribution in [0.5, 0.6) is 0 Å². The van der Waals surface area contributed by atoms with E-state index in [1.165, 1.54) is 29.5 Å². The first-order valence-electron chi connectivity index (χ1n) is 17.2. The lowest BCUT2D eigenvalue weighted by atomic mass is 10.1. The molecule has 7 nitrogen and oxygen atoms in total. The predicted octanol–water partition coefficient (Wildman–Crippen LogP) is 10.1. The summed E-state index contributed by atoms with van der Waals surface area (Å²) in [5.74, 6) is 0.875. The zero-order valence-electron chi connectivity index (χ0n) is 29.8. The summed E-state index contributed by atoms with van der Waals surface area (Å²) in [6, 6.07) is 26.5. The Hall–Kier alpha value is -4.73. The summed E-state index contributed by atoms with van der Waals surface area (Å²) in [5.41, 5.74) is 5.40. The van der Waals surface area contributed by atoms with Gasteiger partial charge >= 0.3 is 0 Å². The minimum absolute atomic E-state index is 0.135. The van der Waals surface area contributed by atoms with Gasteiger partial charge in [0.1, 0.15) is 5.82 Å². The standard InChI is InChI=1S/C22H21FN3PS.C11H12.C9H9N3.H3NS/c1-14(11-24)3-2-4-15-5-7-16(8-6-15)18-10-22(18,23)26-21-9-17-19(27)12-25-13-20(17)28-21;1-2-9-8-11(9)10-6-4-3-5-7-10;1-10-9-3-2-7-6-11-5-4-8(7)12-9;1-2/h2-9,11-13,18,24,26H,10,27H2,1H3;2-7,9,11H,1,8H2;2-6H,1H3,(H,10,12);2H,1H2/b4-2+,14-3-,24-11?;;;. The molecule has 2 aliphatic carbocycles. The van der Waals surface area contributed by atoms with E-state index in [9.17, 15) is 0 Å². The number of hydrogen-bond donors (Lipinski definition) is 5. The second kappa shape index (κ2) is 18.9. The number of benzene rings is 2. The van der Waals surface area contributed by atoms with E-state index in [4.69, 9.17) is 5.41 Å². The van der Waals surface area contributed by atoms with Crippen molar-refractivity contribution in [2.45, 2.75) is 37.4 Å². The molecule has 0 spiro atoms. The SMILES string of the molecule is C/C(C=N)=C/C=C/c1ccc(C2CC2(F)Nc2cc3c(P)cncc3s2)cc1.C=CC1CC1c1ccccc1.CNc1ccc2cnccc2n1.NS.